The Labute approximate surface area is 109 Å². The summed E-state index contributed by atoms with van der Waals surface area (Å²) < 4.78 is 0. The minimum Gasteiger partial charge on any atom is -0.480 e. The highest BCUT2D eigenvalue weighted by molar-refractivity contribution is 5.90. The topological polar surface area (TPSA) is 69.6 Å². The van der Waals surface area contributed by atoms with Crippen LogP contribution in [0.3, 0.4) is 0 Å². The van der Waals surface area contributed by atoms with E-state index in [1.165, 1.54) is 4.90 Å². The van der Waals surface area contributed by atoms with E-state index in [0.717, 1.165) is 13.0 Å². The fourth-order valence-electron chi connectivity index (χ4n) is 2.36. The molecule has 0 aliphatic carbocycles. The molecule has 1 aliphatic rings. The van der Waals surface area contributed by atoms with Gasteiger partial charge >= 0.3 is 5.97 Å². The van der Waals surface area contributed by atoms with Crippen LogP contribution >= 0.6 is 0 Å². The molecule has 1 aliphatic heterocycles. The zero-order chi connectivity index (χ0) is 14.1. The van der Waals surface area contributed by atoms with Crippen LogP contribution in [-0.4, -0.2) is 47.6 Å². The van der Waals surface area contributed by atoms with E-state index in [1.54, 1.807) is 20.9 Å². The summed E-state index contributed by atoms with van der Waals surface area (Å²) in [6.07, 6.45) is 0.767. The van der Waals surface area contributed by atoms with E-state index in [9.17, 15) is 14.7 Å². The lowest BCUT2D eigenvalue weighted by Crippen LogP contribution is -2.57. The molecule has 1 saturated heterocycles. The van der Waals surface area contributed by atoms with Gasteiger partial charge in [0.1, 0.15) is 5.54 Å². The van der Waals surface area contributed by atoms with E-state index in [2.05, 4.69) is 5.32 Å². The number of amides is 1. The summed E-state index contributed by atoms with van der Waals surface area (Å²) in [7, 11) is 1.58. The SMILES string of the molecule is CC(C)C1(C(=O)N(C)C(C)(C)C(=O)O)CCNC1. The smallest absolute Gasteiger partial charge is 0.329 e. The van der Waals surface area contributed by atoms with Crippen LogP contribution in [0.4, 0.5) is 0 Å². The molecule has 0 aromatic rings. The Morgan fingerprint density at radius 2 is 1.94 bits per heavy atom. The lowest BCUT2D eigenvalue weighted by atomic mass is 9.74. The summed E-state index contributed by atoms with van der Waals surface area (Å²) in [5.74, 6) is -0.870. The van der Waals surface area contributed by atoms with Crippen LogP contribution < -0.4 is 5.32 Å². The molecule has 1 rings (SSSR count). The van der Waals surface area contributed by atoms with Gasteiger partial charge in [-0.1, -0.05) is 13.8 Å². The molecule has 1 amide bonds. The largest absolute Gasteiger partial charge is 0.480 e. The molecule has 0 spiro atoms. The van der Waals surface area contributed by atoms with Crippen molar-refractivity contribution in [2.45, 2.75) is 39.7 Å². The van der Waals surface area contributed by atoms with Gasteiger partial charge in [0.2, 0.25) is 5.91 Å². The van der Waals surface area contributed by atoms with Gasteiger partial charge in [-0.2, -0.15) is 0 Å². The van der Waals surface area contributed by atoms with Crippen LogP contribution in [0, 0.1) is 11.3 Å². The van der Waals surface area contributed by atoms with Gasteiger partial charge in [0.05, 0.1) is 5.41 Å². The highest BCUT2D eigenvalue weighted by atomic mass is 16.4. The summed E-state index contributed by atoms with van der Waals surface area (Å²) in [6, 6.07) is 0. The molecule has 0 aromatic carbocycles. The monoisotopic (exact) mass is 256 g/mol. The quantitative estimate of drug-likeness (QED) is 0.785. The van der Waals surface area contributed by atoms with Crippen LogP contribution in [0.25, 0.3) is 0 Å². The van der Waals surface area contributed by atoms with Crippen LogP contribution in [0.2, 0.25) is 0 Å². The number of rotatable bonds is 4. The maximum Gasteiger partial charge on any atom is 0.329 e. The van der Waals surface area contributed by atoms with E-state index in [0.29, 0.717) is 6.54 Å². The van der Waals surface area contributed by atoms with Crippen molar-refractivity contribution >= 4 is 11.9 Å². The van der Waals surface area contributed by atoms with Gasteiger partial charge in [0.15, 0.2) is 0 Å². The van der Waals surface area contributed by atoms with Gasteiger partial charge in [-0.3, -0.25) is 4.79 Å². The van der Waals surface area contributed by atoms with E-state index >= 15 is 0 Å². The first-order chi connectivity index (χ1) is 8.16. The number of hydrogen-bond donors (Lipinski definition) is 2. The Bertz CT molecular complexity index is 344. The Morgan fingerprint density at radius 1 is 1.39 bits per heavy atom. The number of aliphatic carboxylic acids is 1. The Hall–Kier alpha value is -1.10. The van der Waals surface area contributed by atoms with E-state index in [4.69, 9.17) is 0 Å². The average Bonchev–Trinajstić information content (AvgIpc) is 2.76. The fourth-order valence-corrected chi connectivity index (χ4v) is 2.36. The summed E-state index contributed by atoms with van der Waals surface area (Å²) in [4.78, 5) is 25.3. The second kappa shape index (κ2) is 4.88. The van der Waals surface area contributed by atoms with Crippen molar-refractivity contribution in [3.63, 3.8) is 0 Å². The van der Waals surface area contributed by atoms with Crippen molar-refractivity contribution in [3.05, 3.63) is 0 Å². The Morgan fingerprint density at radius 3 is 2.28 bits per heavy atom. The third-order valence-corrected chi connectivity index (χ3v) is 4.39. The molecule has 1 heterocycles. The van der Waals surface area contributed by atoms with Crippen LogP contribution in [0.1, 0.15) is 34.1 Å². The second-order valence-corrected chi connectivity index (χ2v) is 5.97. The molecule has 104 valence electrons. The van der Waals surface area contributed by atoms with Gasteiger partial charge in [-0.15, -0.1) is 0 Å². The first-order valence-corrected chi connectivity index (χ1v) is 6.38. The molecule has 1 fully saturated rings. The molecule has 2 N–H and O–H groups in total. The summed E-state index contributed by atoms with van der Waals surface area (Å²) in [6.45, 7) is 8.60. The number of nitrogens with zero attached hydrogens (tertiary/aromatic N) is 1. The molecule has 0 bridgehead atoms. The number of hydrogen-bond acceptors (Lipinski definition) is 3. The highest BCUT2D eigenvalue weighted by Crippen LogP contribution is 2.37. The van der Waals surface area contributed by atoms with Gasteiger partial charge in [-0.25, -0.2) is 4.79 Å². The van der Waals surface area contributed by atoms with Gasteiger partial charge in [0, 0.05) is 13.6 Å². The average molecular weight is 256 g/mol. The number of carbonyl (C=O) groups is 2. The summed E-state index contributed by atoms with van der Waals surface area (Å²) in [5, 5.41) is 12.4. The maximum atomic E-state index is 12.7. The second-order valence-electron chi connectivity index (χ2n) is 5.97. The molecular weight excluding hydrogens is 232 g/mol. The zero-order valence-electron chi connectivity index (χ0n) is 11.9. The molecule has 0 radical (unpaired) electrons. The maximum absolute atomic E-state index is 12.7. The van der Waals surface area contributed by atoms with Crippen molar-refractivity contribution in [1.82, 2.24) is 10.2 Å². The van der Waals surface area contributed by atoms with Gasteiger partial charge in [0.25, 0.3) is 0 Å². The van der Waals surface area contributed by atoms with Crippen molar-refractivity contribution in [2.24, 2.45) is 11.3 Å². The van der Waals surface area contributed by atoms with E-state index in [1.807, 2.05) is 13.8 Å². The summed E-state index contributed by atoms with van der Waals surface area (Å²) >= 11 is 0. The van der Waals surface area contributed by atoms with Gasteiger partial charge in [-0.05, 0) is 32.7 Å². The molecule has 0 aromatic heterocycles. The molecule has 1 unspecified atom stereocenters. The van der Waals surface area contributed by atoms with Crippen LogP contribution in [0.15, 0.2) is 0 Å². The molecule has 18 heavy (non-hydrogen) atoms. The minimum absolute atomic E-state index is 0.0742. The van der Waals surface area contributed by atoms with Crippen LogP contribution in [0.5, 0.6) is 0 Å². The zero-order valence-corrected chi connectivity index (χ0v) is 11.9. The third-order valence-electron chi connectivity index (χ3n) is 4.39. The lowest BCUT2D eigenvalue weighted by molar-refractivity contribution is -0.161. The lowest BCUT2D eigenvalue weighted by Gasteiger charge is -2.40. The molecule has 1 atom stereocenters. The number of carbonyl (C=O) groups excluding carboxylic acids is 1. The molecule has 5 heteroatoms. The van der Waals surface area contributed by atoms with Crippen molar-refractivity contribution in [1.29, 1.82) is 0 Å². The number of likely N-dealkylation sites (N-methyl/N-ethyl adjacent to an activating group) is 1. The molecule has 5 nitrogen and oxygen atoms in total. The molecular formula is C13H24N2O3. The first-order valence-electron chi connectivity index (χ1n) is 6.38. The number of nitrogens with one attached hydrogen (secondary N) is 1. The Balaban J connectivity index is 3.02. The third kappa shape index (κ3) is 2.23. The minimum atomic E-state index is -1.18. The summed E-state index contributed by atoms with van der Waals surface area (Å²) in [5.41, 5.74) is -1.65. The van der Waals surface area contributed by atoms with Crippen LogP contribution in [-0.2, 0) is 9.59 Å². The van der Waals surface area contributed by atoms with Crippen molar-refractivity contribution in [2.75, 3.05) is 20.1 Å². The number of carboxylic acids is 1. The van der Waals surface area contributed by atoms with E-state index < -0.39 is 16.9 Å². The predicted octanol–water partition coefficient (Wildman–Crippen LogP) is 0.944. The fraction of sp³-hybridized carbons (Fsp3) is 0.846. The molecule has 0 saturated carbocycles. The Kier molecular flexibility index (Phi) is 4.05. The number of carboxylic acid groups (broad SMARTS) is 1. The standard InChI is InChI=1S/C13H24N2O3/c1-9(2)13(6-7-14-8-13)10(16)15(5)12(3,4)11(17)18/h9,14H,6-8H2,1-5H3,(H,17,18). The van der Waals surface area contributed by atoms with Crippen molar-refractivity contribution < 1.29 is 14.7 Å². The predicted molar refractivity (Wildman–Crippen MR) is 69.2 cm³/mol. The van der Waals surface area contributed by atoms with E-state index in [-0.39, 0.29) is 11.8 Å². The highest BCUT2D eigenvalue weighted by Gasteiger charge is 2.49. The normalized spacial score (nSPS) is 24.3. The first kappa shape index (κ1) is 15.0. The van der Waals surface area contributed by atoms with Crippen molar-refractivity contribution in [3.8, 4) is 0 Å². The van der Waals surface area contributed by atoms with Gasteiger partial charge < -0.3 is 15.3 Å².